The van der Waals surface area contributed by atoms with Gasteiger partial charge in [-0.05, 0) is 25.1 Å². The average Bonchev–Trinajstić information content (AvgIpc) is 2.77. The monoisotopic (exact) mass is 233 g/mol. The molecule has 1 saturated carbocycles. The van der Waals surface area contributed by atoms with E-state index in [2.05, 4.69) is 10.2 Å². The van der Waals surface area contributed by atoms with E-state index in [1.807, 2.05) is 4.57 Å². The highest BCUT2D eigenvalue weighted by Crippen LogP contribution is 2.35. The van der Waals surface area contributed by atoms with Gasteiger partial charge in [0.2, 0.25) is 0 Å². The second kappa shape index (κ2) is 3.16. The van der Waals surface area contributed by atoms with Crippen LogP contribution in [-0.2, 0) is 15.6 Å². The summed E-state index contributed by atoms with van der Waals surface area (Å²) in [6, 6.07) is 0.359. The van der Waals surface area contributed by atoms with Gasteiger partial charge in [0, 0.05) is 12.3 Å². The Labute approximate surface area is 87.1 Å². The first-order valence-electron chi connectivity index (χ1n) is 4.31. The van der Waals surface area contributed by atoms with Crippen LogP contribution in [0.25, 0.3) is 0 Å². The quantitative estimate of drug-likeness (QED) is 0.785. The second-order valence-corrected chi connectivity index (χ2v) is 6.14. The number of hydrogen-bond acceptors (Lipinski definition) is 4. The maximum absolute atomic E-state index is 11.1. The van der Waals surface area contributed by atoms with Crippen molar-refractivity contribution in [3.63, 3.8) is 0 Å². The summed E-state index contributed by atoms with van der Waals surface area (Å²) >= 11 is 5.03. The maximum Gasteiger partial charge on any atom is 0.195 e. The van der Waals surface area contributed by atoms with Crippen molar-refractivity contribution in [2.75, 3.05) is 6.26 Å². The predicted molar refractivity (Wildman–Crippen MR) is 54.2 cm³/mol. The van der Waals surface area contributed by atoms with Crippen LogP contribution in [0.5, 0.6) is 0 Å². The second-order valence-electron chi connectivity index (χ2n) is 3.62. The summed E-state index contributed by atoms with van der Waals surface area (Å²) in [4.78, 5) is 0. The molecule has 1 aliphatic carbocycles. The molecule has 1 fully saturated rings. The van der Waals surface area contributed by atoms with E-state index in [9.17, 15) is 8.42 Å². The molecule has 0 unspecified atom stereocenters. The number of rotatable bonds is 3. The van der Waals surface area contributed by atoms with E-state index in [4.69, 9.17) is 12.2 Å². The summed E-state index contributed by atoms with van der Waals surface area (Å²) in [7, 11) is -3.04. The summed E-state index contributed by atoms with van der Waals surface area (Å²) in [5.74, 6) is 0.483. The van der Waals surface area contributed by atoms with Crippen molar-refractivity contribution in [2.24, 2.45) is 0 Å². The van der Waals surface area contributed by atoms with Crippen molar-refractivity contribution in [1.29, 1.82) is 0 Å². The molecule has 78 valence electrons. The smallest absolute Gasteiger partial charge is 0.195 e. The van der Waals surface area contributed by atoms with Crippen LogP contribution >= 0.6 is 12.2 Å². The van der Waals surface area contributed by atoms with Crippen LogP contribution in [0.2, 0.25) is 0 Å². The molecule has 2 rings (SSSR count). The number of nitrogens with one attached hydrogen (secondary N) is 1. The SMILES string of the molecule is CS(=O)(=O)Cc1n[nH]c(=S)n1C1CC1. The molecule has 5 nitrogen and oxygen atoms in total. The van der Waals surface area contributed by atoms with Crippen LogP contribution < -0.4 is 0 Å². The van der Waals surface area contributed by atoms with Gasteiger partial charge in [0.15, 0.2) is 14.6 Å². The van der Waals surface area contributed by atoms with Crippen LogP contribution in [0.15, 0.2) is 0 Å². The number of sulfone groups is 1. The van der Waals surface area contributed by atoms with E-state index in [1.165, 1.54) is 6.26 Å². The molecule has 1 N–H and O–H groups in total. The zero-order valence-electron chi connectivity index (χ0n) is 7.73. The minimum absolute atomic E-state index is 0.0450. The van der Waals surface area contributed by atoms with Crippen LogP contribution in [0.1, 0.15) is 24.7 Å². The number of hydrogen-bond donors (Lipinski definition) is 1. The van der Waals surface area contributed by atoms with E-state index in [1.54, 1.807) is 0 Å². The highest BCUT2D eigenvalue weighted by atomic mass is 32.2. The highest BCUT2D eigenvalue weighted by Gasteiger charge is 2.28. The van der Waals surface area contributed by atoms with Gasteiger partial charge in [-0.25, -0.2) is 8.42 Å². The van der Waals surface area contributed by atoms with Crippen LogP contribution in [0.3, 0.4) is 0 Å². The lowest BCUT2D eigenvalue weighted by Crippen LogP contribution is -2.08. The Morgan fingerprint density at radius 3 is 2.79 bits per heavy atom. The molecule has 0 spiro atoms. The minimum Gasteiger partial charge on any atom is -0.300 e. The molecule has 0 bridgehead atoms. The normalized spacial score (nSPS) is 17.2. The lowest BCUT2D eigenvalue weighted by atomic mass is 10.6. The summed E-state index contributed by atoms with van der Waals surface area (Å²) in [5, 5.41) is 6.56. The zero-order chi connectivity index (χ0) is 10.3. The van der Waals surface area contributed by atoms with Gasteiger partial charge in [-0.15, -0.1) is 0 Å². The van der Waals surface area contributed by atoms with Crippen molar-refractivity contribution < 1.29 is 8.42 Å². The molecule has 0 amide bonds. The van der Waals surface area contributed by atoms with E-state index in [-0.39, 0.29) is 5.75 Å². The third-order valence-electron chi connectivity index (χ3n) is 2.08. The molecule has 0 aliphatic heterocycles. The van der Waals surface area contributed by atoms with Gasteiger partial charge in [0.05, 0.1) is 0 Å². The highest BCUT2D eigenvalue weighted by molar-refractivity contribution is 7.89. The number of aromatic nitrogens is 3. The lowest BCUT2D eigenvalue weighted by molar-refractivity contribution is 0.595. The van der Waals surface area contributed by atoms with Gasteiger partial charge in [-0.3, -0.25) is 5.10 Å². The lowest BCUT2D eigenvalue weighted by Gasteiger charge is -2.02. The fourth-order valence-corrected chi connectivity index (χ4v) is 2.36. The number of H-pyrrole nitrogens is 1. The predicted octanol–water partition coefficient (Wildman–Crippen LogP) is 0.820. The van der Waals surface area contributed by atoms with Crippen LogP contribution in [-0.4, -0.2) is 29.4 Å². The molecule has 1 aliphatic rings. The molecule has 7 heteroatoms. The third-order valence-corrected chi connectivity index (χ3v) is 3.15. The fourth-order valence-electron chi connectivity index (χ4n) is 1.38. The van der Waals surface area contributed by atoms with E-state index in [0.29, 0.717) is 16.6 Å². The number of nitrogens with zero attached hydrogens (tertiary/aromatic N) is 2. The third kappa shape index (κ3) is 2.03. The van der Waals surface area contributed by atoms with Gasteiger partial charge < -0.3 is 4.57 Å². The Morgan fingerprint density at radius 1 is 1.64 bits per heavy atom. The zero-order valence-corrected chi connectivity index (χ0v) is 9.36. The van der Waals surface area contributed by atoms with Crippen molar-refractivity contribution in [1.82, 2.24) is 14.8 Å². The van der Waals surface area contributed by atoms with Gasteiger partial charge in [-0.2, -0.15) is 5.10 Å². The standard InChI is InChI=1S/C7H11N3O2S2/c1-14(11,12)4-6-8-9-7(13)10(6)5-2-3-5/h5H,2-4H2,1H3,(H,9,13). The molecule has 1 aromatic heterocycles. The van der Waals surface area contributed by atoms with Gasteiger partial charge in [0.25, 0.3) is 0 Å². The molecule has 1 heterocycles. The van der Waals surface area contributed by atoms with Crippen molar-refractivity contribution >= 4 is 22.1 Å². The van der Waals surface area contributed by atoms with Crippen LogP contribution in [0.4, 0.5) is 0 Å². The molecule has 0 radical (unpaired) electrons. The van der Waals surface area contributed by atoms with Crippen molar-refractivity contribution in [2.45, 2.75) is 24.6 Å². The van der Waals surface area contributed by atoms with E-state index in [0.717, 1.165) is 12.8 Å². The summed E-state index contributed by atoms with van der Waals surface area (Å²) in [6.45, 7) is 0. The topological polar surface area (TPSA) is 67.8 Å². The molecule has 0 saturated heterocycles. The Bertz CT molecular complexity index is 495. The Hall–Kier alpha value is -0.690. The summed E-state index contributed by atoms with van der Waals surface area (Å²) in [5.41, 5.74) is 0. The average molecular weight is 233 g/mol. The van der Waals surface area contributed by atoms with Gasteiger partial charge >= 0.3 is 0 Å². The van der Waals surface area contributed by atoms with Gasteiger partial charge in [-0.1, -0.05) is 0 Å². The summed E-state index contributed by atoms with van der Waals surface area (Å²) < 4.78 is 24.5. The Balaban J connectivity index is 2.38. The van der Waals surface area contributed by atoms with Gasteiger partial charge in [0.1, 0.15) is 11.6 Å². The largest absolute Gasteiger partial charge is 0.300 e. The fraction of sp³-hybridized carbons (Fsp3) is 0.714. The minimum atomic E-state index is -3.04. The number of aromatic amines is 1. The molecular formula is C7H11N3O2S2. The summed E-state index contributed by atoms with van der Waals surface area (Å²) in [6.07, 6.45) is 3.32. The van der Waals surface area contributed by atoms with E-state index >= 15 is 0 Å². The first-order valence-corrected chi connectivity index (χ1v) is 6.78. The Morgan fingerprint density at radius 2 is 2.29 bits per heavy atom. The molecule has 0 atom stereocenters. The molecular weight excluding hydrogens is 222 g/mol. The molecule has 0 aromatic carbocycles. The molecule has 14 heavy (non-hydrogen) atoms. The van der Waals surface area contributed by atoms with Crippen LogP contribution in [0, 0.1) is 4.77 Å². The van der Waals surface area contributed by atoms with E-state index < -0.39 is 9.84 Å². The Kier molecular flexibility index (Phi) is 2.23. The first kappa shape index (κ1) is 9.85. The maximum atomic E-state index is 11.1. The van der Waals surface area contributed by atoms with Crippen molar-refractivity contribution in [3.05, 3.63) is 10.6 Å². The first-order chi connectivity index (χ1) is 6.47. The molecule has 1 aromatic rings. The van der Waals surface area contributed by atoms with Crippen molar-refractivity contribution in [3.8, 4) is 0 Å².